The number of ether oxygens (including phenoxy) is 1. The first-order valence-corrected chi connectivity index (χ1v) is 7.42. The van der Waals surface area contributed by atoms with Gasteiger partial charge in [0.2, 0.25) is 0 Å². The van der Waals surface area contributed by atoms with E-state index in [2.05, 4.69) is 14.1 Å². The van der Waals surface area contributed by atoms with Gasteiger partial charge in [0.05, 0.1) is 6.61 Å². The van der Waals surface area contributed by atoms with Crippen molar-refractivity contribution < 1.29 is 33.5 Å². The monoisotopic (exact) mass is 338 g/mol. The highest BCUT2D eigenvalue weighted by molar-refractivity contribution is 7.45. The quantitative estimate of drug-likeness (QED) is 0.460. The second-order valence-electron chi connectivity index (χ2n) is 4.36. The molecule has 13 heteroatoms. The molecule has 2 heterocycles. The van der Waals surface area contributed by atoms with Crippen LogP contribution < -0.4 is 16.1 Å². The highest BCUT2D eigenvalue weighted by atomic mass is 31.2. The zero-order valence-electron chi connectivity index (χ0n) is 11.2. The first kappa shape index (κ1) is 17.0. The van der Waals surface area contributed by atoms with Gasteiger partial charge in [-0.25, -0.2) is 4.79 Å². The number of aliphatic hydroxyl groups is 2. The van der Waals surface area contributed by atoms with Gasteiger partial charge in [-0.2, -0.15) is 9.78 Å². The van der Waals surface area contributed by atoms with Crippen LogP contribution in [0.5, 0.6) is 0 Å². The van der Waals surface area contributed by atoms with Gasteiger partial charge in [0.1, 0.15) is 24.5 Å². The van der Waals surface area contributed by atoms with Crippen LogP contribution in [0.25, 0.3) is 0 Å². The number of phosphoric ester groups is 1. The summed E-state index contributed by atoms with van der Waals surface area (Å²) in [5, 5.41) is 23.1. The molecule has 1 fully saturated rings. The normalized spacial score (nSPS) is 31.1. The van der Waals surface area contributed by atoms with Crippen LogP contribution in [-0.4, -0.2) is 57.0 Å². The van der Waals surface area contributed by atoms with E-state index in [0.717, 1.165) is 13.3 Å². The number of aliphatic hydroxyl groups excluding tert-OH is 2. The molecule has 0 saturated carbocycles. The first-order valence-electron chi connectivity index (χ1n) is 5.96. The smallest absolute Gasteiger partial charge is 0.347 e. The first-order chi connectivity index (χ1) is 10.2. The van der Waals surface area contributed by atoms with Gasteiger partial charge >= 0.3 is 5.69 Å². The third kappa shape index (κ3) is 3.50. The maximum atomic E-state index is 11.6. The van der Waals surface area contributed by atoms with E-state index < -0.39 is 50.2 Å². The van der Waals surface area contributed by atoms with E-state index in [1.165, 1.54) is 0 Å². The van der Waals surface area contributed by atoms with E-state index in [9.17, 15) is 29.3 Å². The molecule has 0 amide bonds. The fraction of sp³-hybridized carbons (Fsp3) is 0.667. The van der Waals surface area contributed by atoms with E-state index in [1.54, 1.807) is 0 Å². The molecule has 1 saturated heterocycles. The molecule has 1 aliphatic rings. The Labute approximate surface area is 122 Å². The maximum absolute atomic E-state index is 11.6. The molecule has 12 nitrogen and oxygen atoms in total. The zero-order valence-corrected chi connectivity index (χ0v) is 12.1. The minimum absolute atomic E-state index is 0.613. The number of aromatic nitrogens is 3. The van der Waals surface area contributed by atoms with Crippen LogP contribution in [0.15, 0.2) is 15.8 Å². The van der Waals surface area contributed by atoms with Crippen molar-refractivity contribution in [3.05, 3.63) is 27.0 Å². The number of H-pyrrole nitrogens is 1. The Kier molecular flexibility index (Phi) is 4.92. The molecule has 22 heavy (non-hydrogen) atoms. The van der Waals surface area contributed by atoms with E-state index in [0.29, 0.717) is 4.68 Å². The Morgan fingerprint density at radius 1 is 1.50 bits per heavy atom. The second kappa shape index (κ2) is 6.38. The fourth-order valence-electron chi connectivity index (χ4n) is 1.83. The topological polar surface area (TPSA) is 176 Å². The predicted molar refractivity (Wildman–Crippen MR) is 65.6 cm³/mol. The molecule has 3 N–H and O–H groups in total. The SMILES string of the molecule is COP(=O)([O-])OCC1OC(n2ncc(=O)[nH]c2=O)C(O)C1O. The van der Waals surface area contributed by atoms with E-state index in [4.69, 9.17) is 4.74 Å². The molecule has 1 aromatic rings. The van der Waals surface area contributed by atoms with Crippen molar-refractivity contribution in [3.8, 4) is 0 Å². The number of phosphoric acid groups is 1. The lowest BCUT2D eigenvalue weighted by Gasteiger charge is -2.23. The Hall–Kier alpha value is -1.40. The van der Waals surface area contributed by atoms with Crippen LogP contribution in [0.4, 0.5) is 0 Å². The van der Waals surface area contributed by atoms with Crippen LogP contribution in [0.2, 0.25) is 0 Å². The summed E-state index contributed by atoms with van der Waals surface area (Å²) in [5.74, 6) is 0. The maximum Gasteiger partial charge on any atom is 0.347 e. The summed E-state index contributed by atoms with van der Waals surface area (Å²) >= 11 is 0. The number of aromatic amines is 1. The average Bonchev–Trinajstić information content (AvgIpc) is 2.73. The van der Waals surface area contributed by atoms with Crippen LogP contribution in [-0.2, 0) is 18.3 Å². The van der Waals surface area contributed by atoms with Gasteiger partial charge in [-0.15, -0.1) is 0 Å². The fourth-order valence-corrected chi connectivity index (χ4v) is 2.26. The molecule has 5 unspecified atom stereocenters. The minimum atomic E-state index is -4.53. The summed E-state index contributed by atoms with van der Waals surface area (Å²) in [6, 6.07) is 0. The van der Waals surface area contributed by atoms with Gasteiger partial charge in [-0.3, -0.25) is 14.3 Å². The summed E-state index contributed by atoms with van der Waals surface area (Å²) in [7, 11) is -3.64. The lowest BCUT2D eigenvalue weighted by molar-refractivity contribution is -0.226. The molecule has 0 aromatic carbocycles. The van der Waals surface area contributed by atoms with Crippen LogP contribution in [0.1, 0.15) is 6.23 Å². The standard InChI is InChI=1S/C9H14N3O9P/c1-19-22(17,18)20-3-4-6(14)7(15)8(21-4)12-9(16)11-5(13)2-10-12/h2,4,6-8,14-15H,3H2,1H3,(H,17,18)(H,11,13,16)/p-1. The second-order valence-corrected chi connectivity index (χ2v) is 5.87. The van der Waals surface area contributed by atoms with Crippen molar-refractivity contribution in [3.63, 3.8) is 0 Å². The number of rotatable bonds is 5. The molecule has 124 valence electrons. The summed E-state index contributed by atoms with van der Waals surface area (Å²) < 4.78 is 25.4. The Morgan fingerprint density at radius 3 is 2.77 bits per heavy atom. The third-order valence-electron chi connectivity index (χ3n) is 2.94. The van der Waals surface area contributed by atoms with Crippen molar-refractivity contribution in [1.29, 1.82) is 0 Å². The molecule has 1 aliphatic heterocycles. The van der Waals surface area contributed by atoms with Gasteiger partial charge in [0, 0.05) is 7.11 Å². The number of hydrogen-bond donors (Lipinski definition) is 3. The molecule has 1 aromatic heterocycles. The lowest BCUT2D eigenvalue weighted by Crippen LogP contribution is -2.39. The van der Waals surface area contributed by atoms with Gasteiger partial charge in [-0.05, 0) is 0 Å². The highest BCUT2D eigenvalue weighted by Crippen LogP contribution is 2.38. The predicted octanol–water partition coefficient (Wildman–Crippen LogP) is -3.32. The van der Waals surface area contributed by atoms with Gasteiger partial charge < -0.3 is 28.9 Å². The van der Waals surface area contributed by atoms with E-state index in [-0.39, 0.29) is 0 Å². The lowest BCUT2D eigenvalue weighted by atomic mass is 10.1. The molecule has 0 bridgehead atoms. The minimum Gasteiger partial charge on any atom is -0.756 e. The summed E-state index contributed by atoms with van der Waals surface area (Å²) in [6.07, 6.45) is -5.01. The van der Waals surface area contributed by atoms with Crippen molar-refractivity contribution in [2.45, 2.75) is 24.5 Å². The van der Waals surface area contributed by atoms with Crippen LogP contribution >= 0.6 is 7.82 Å². The largest absolute Gasteiger partial charge is 0.756 e. The number of nitrogens with one attached hydrogen (secondary N) is 1. The van der Waals surface area contributed by atoms with Gasteiger partial charge in [-0.1, -0.05) is 0 Å². The Bertz CT molecular complexity index is 687. The molecule has 0 aliphatic carbocycles. The average molecular weight is 338 g/mol. The zero-order chi connectivity index (χ0) is 16.5. The summed E-state index contributed by atoms with van der Waals surface area (Å²) in [6.45, 7) is -0.637. The number of nitrogens with zero attached hydrogens (tertiary/aromatic N) is 2. The molecular weight excluding hydrogens is 325 g/mol. The molecule has 0 radical (unpaired) electrons. The Balaban J connectivity index is 2.15. The van der Waals surface area contributed by atoms with E-state index >= 15 is 0 Å². The van der Waals surface area contributed by atoms with Gasteiger partial charge in [0.25, 0.3) is 13.4 Å². The molecule has 0 spiro atoms. The molecule has 2 rings (SSSR count). The van der Waals surface area contributed by atoms with Crippen molar-refractivity contribution in [1.82, 2.24) is 14.8 Å². The third-order valence-corrected chi connectivity index (χ3v) is 3.85. The van der Waals surface area contributed by atoms with E-state index in [1.807, 2.05) is 4.98 Å². The molecule has 5 atom stereocenters. The summed E-state index contributed by atoms with van der Waals surface area (Å²) in [5.41, 5.74) is -1.71. The van der Waals surface area contributed by atoms with Crippen LogP contribution in [0.3, 0.4) is 0 Å². The highest BCUT2D eigenvalue weighted by Gasteiger charge is 2.45. The van der Waals surface area contributed by atoms with Crippen molar-refractivity contribution in [2.75, 3.05) is 13.7 Å². The van der Waals surface area contributed by atoms with Crippen molar-refractivity contribution in [2.24, 2.45) is 0 Å². The van der Waals surface area contributed by atoms with Crippen LogP contribution in [0, 0.1) is 0 Å². The number of hydrogen-bond acceptors (Lipinski definition) is 10. The van der Waals surface area contributed by atoms with Gasteiger partial charge in [0.15, 0.2) is 6.23 Å². The summed E-state index contributed by atoms with van der Waals surface area (Å²) in [4.78, 5) is 35.5. The van der Waals surface area contributed by atoms with Crippen molar-refractivity contribution >= 4 is 7.82 Å². The molecular formula is C9H13N3O9P-. The Morgan fingerprint density at radius 2 is 2.18 bits per heavy atom.